The summed E-state index contributed by atoms with van der Waals surface area (Å²) in [5.74, 6) is 0. The van der Waals surface area contributed by atoms with Crippen LogP contribution in [0.3, 0.4) is 0 Å². The molecule has 162 valence electrons. The van der Waals surface area contributed by atoms with Crippen molar-refractivity contribution in [3.8, 4) is 0 Å². The Hall–Kier alpha value is -0.120. The Labute approximate surface area is 171 Å². The van der Waals surface area contributed by atoms with Gasteiger partial charge in [-0.15, -0.1) is 0 Å². The third-order valence-electron chi connectivity index (χ3n) is 5.56. The number of unbranched alkanes of at least 4 members (excludes halogenated alkanes) is 3. The minimum absolute atomic E-state index is 0.461. The topological polar surface area (TPSA) is 24.5 Å². The highest BCUT2D eigenvalue weighted by atomic mass is 16.5. The maximum Gasteiger partial charge on any atom is 0.0593 e. The van der Waals surface area contributed by atoms with Gasteiger partial charge in [-0.2, -0.15) is 0 Å². The number of piperidine rings is 1. The molecule has 1 aliphatic rings. The maximum absolute atomic E-state index is 5.88. The summed E-state index contributed by atoms with van der Waals surface area (Å²) in [7, 11) is 0. The van der Waals surface area contributed by atoms with Crippen molar-refractivity contribution in [1.82, 2.24) is 10.2 Å². The Morgan fingerprint density at radius 3 is 2.19 bits per heavy atom. The van der Waals surface area contributed by atoms with E-state index in [2.05, 4.69) is 51.8 Å². The van der Waals surface area contributed by atoms with Gasteiger partial charge < -0.3 is 10.1 Å². The largest absolute Gasteiger partial charge is 0.380 e. The zero-order valence-corrected chi connectivity index (χ0v) is 19.5. The monoisotopic (exact) mass is 382 g/mol. The third kappa shape index (κ3) is 15.5. The first-order valence-electron chi connectivity index (χ1n) is 11.7. The second kappa shape index (κ2) is 13.2. The first-order chi connectivity index (χ1) is 12.7. The van der Waals surface area contributed by atoms with Crippen molar-refractivity contribution in [2.75, 3.05) is 39.4 Å². The van der Waals surface area contributed by atoms with E-state index < -0.39 is 0 Å². The zero-order valence-electron chi connectivity index (χ0n) is 19.5. The summed E-state index contributed by atoms with van der Waals surface area (Å²) in [5.41, 5.74) is 0.953. The quantitative estimate of drug-likeness (QED) is 0.403. The minimum Gasteiger partial charge on any atom is -0.380 e. The van der Waals surface area contributed by atoms with Crippen molar-refractivity contribution in [3.63, 3.8) is 0 Å². The van der Waals surface area contributed by atoms with Gasteiger partial charge in [0, 0.05) is 25.7 Å². The molecule has 1 rings (SSSR count). The number of nitrogens with zero attached hydrogens (tertiary/aromatic N) is 1. The fraction of sp³-hybridized carbons (Fsp3) is 1.00. The van der Waals surface area contributed by atoms with E-state index in [1.165, 1.54) is 77.4 Å². The van der Waals surface area contributed by atoms with Crippen LogP contribution in [0.1, 0.15) is 99.3 Å². The number of likely N-dealkylation sites (tertiary alicyclic amines) is 1. The van der Waals surface area contributed by atoms with Gasteiger partial charge in [0.2, 0.25) is 0 Å². The summed E-state index contributed by atoms with van der Waals surface area (Å²) < 4.78 is 5.88. The van der Waals surface area contributed by atoms with Crippen LogP contribution in [0.2, 0.25) is 0 Å². The fourth-order valence-corrected chi connectivity index (χ4v) is 3.84. The molecule has 0 aromatic heterocycles. The van der Waals surface area contributed by atoms with Gasteiger partial charge in [-0.1, -0.05) is 60.8 Å². The van der Waals surface area contributed by atoms with Gasteiger partial charge in [-0.3, -0.25) is 4.90 Å². The summed E-state index contributed by atoms with van der Waals surface area (Å²) in [6.07, 6.45) is 11.9. The van der Waals surface area contributed by atoms with Crippen LogP contribution in [0.4, 0.5) is 0 Å². The summed E-state index contributed by atoms with van der Waals surface area (Å²) in [4.78, 5) is 2.59. The summed E-state index contributed by atoms with van der Waals surface area (Å²) in [6, 6.07) is 0.688. The van der Waals surface area contributed by atoms with Crippen molar-refractivity contribution in [3.05, 3.63) is 0 Å². The zero-order chi connectivity index (χ0) is 20.2. The molecule has 3 nitrogen and oxygen atoms in total. The van der Waals surface area contributed by atoms with Crippen molar-refractivity contribution in [2.45, 2.75) is 105 Å². The average Bonchev–Trinajstić information content (AvgIpc) is 2.55. The Bertz CT molecular complexity index is 356. The van der Waals surface area contributed by atoms with Gasteiger partial charge in [0.1, 0.15) is 0 Å². The Morgan fingerprint density at radius 1 is 0.852 bits per heavy atom. The lowest BCUT2D eigenvalue weighted by Gasteiger charge is -2.33. The Balaban J connectivity index is 1.98. The molecule has 0 aromatic carbocycles. The van der Waals surface area contributed by atoms with Crippen LogP contribution in [-0.2, 0) is 4.74 Å². The van der Waals surface area contributed by atoms with E-state index in [4.69, 9.17) is 4.74 Å². The van der Waals surface area contributed by atoms with Gasteiger partial charge in [0.25, 0.3) is 0 Å². The molecular formula is C24H50N2O. The third-order valence-corrected chi connectivity index (χ3v) is 5.56. The number of rotatable bonds is 13. The van der Waals surface area contributed by atoms with E-state index >= 15 is 0 Å². The van der Waals surface area contributed by atoms with Crippen LogP contribution in [0.5, 0.6) is 0 Å². The molecule has 0 radical (unpaired) electrons. The number of ether oxygens (including phenoxy) is 1. The number of nitrogens with one attached hydrogen (secondary N) is 1. The van der Waals surface area contributed by atoms with Crippen molar-refractivity contribution in [2.24, 2.45) is 10.8 Å². The normalized spacial score (nSPS) is 19.6. The number of hydrogen-bond acceptors (Lipinski definition) is 3. The molecule has 0 spiro atoms. The van der Waals surface area contributed by atoms with Crippen LogP contribution >= 0.6 is 0 Å². The predicted octanol–water partition coefficient (Wildman–Crippen LogP) is 5.88. The Kier molecular flexibility index (Phi) is 12.2. The Morgan fingerprint density at radius 2 is 1.52 bits per heavy atom. The van der Waals surface area contributed by atoms with Crippen LogP contribution in [0.25, 0.3) is 0 Å². The van der Waals surface area contributed by atoms with Crippen LogP contribution in [0.15, 0.2) is 0 Å². The molecule has 1 heterocycles. The van der Waals surface area contributed by atoms with E-state index in [1.54, 1.807) is 0 Å². The predicted molar refractivity (Wildman–Crippen MR) is 120 cm³/mol. The van der Waals surface area contributed by atoms with E-state index in [0.29, 0.717) is 16.9 Å². The van der Waals surface area contributed by atoms with E-state index in [9.17, 15) is 0 Å². The lowest BCUT2D eigenvalue weighted by Crippen LogP contribution is -2.46. The molecule has 1 aliphatic heterocycles. The molecule has 1 unspecified atom stereocenters. The molecule has 0 aliphatic carbocycles. The highest BCUT2D eigenvalue weighted by molar-refractivity contribution is 4.78. The van der Waals surface area contributed by atoms with E-state index in [1.807, 2.05) is 0 Å². The van der Waals surface area contributed by atoms with Crippen molar-refractivity contribution >= 4 is 0 Å². The SMILES string of the molecule is CC(C)(C)CCCCCNC1CCCN(CCOCCCCC(C)(C)C)C1. The summed E-state index contributed by atoms with van der Waals surface area (Å²) in [5, 5.41) is 3.80. The molecule has 0 amide bonds. The van der Waals surface area contributed by atoms with Crippen LogP contribution in [-0.4, -0.2) is 50.3 Å². The van der Waals surface area contributed by atoms with Crippen molar-refractivity contribution < 1.29 is 4.74 Å². The fourth-order valence-electron chi connectivity index (χ4n) is 3.84. The lowest BCUT2D eigenvalue weighted by atomic mass is 9.89. The summed E-state index contributed by atoms with van der Waals surface area (Å²) in [6.45, 7) is 20.6. The molecule has 27 heavy (non-hydrogen) atoms. The van der Waals surface area contributed by atoms with E-state index in [-0.39, 0.29) is 0 Å². The molecular weight excluding hydrogens is 332 g/mol. The molecule has 3 heteroatoms. The van der Waals surface area contributed by atoms with Gasteiger partial charge >= 0.3 is 0 Å². The first kappa shape index (κ1) is 24.9. The molecule has 0 bridgehead atoms. The molecule has 0 aromatic rings. The van der Waals surface area contributed by atoms with Gasteiger partial charge in [-0.05, 0) is 62.4 Å². The van der Waals surface area contributed by atoms with Crippen LogP contribution in [0, 0.1) is 10.8 Å². The molecule has 1 atom stereocenters. The smallest absolute Gasteiger partial charge is 0.0593 e. The van der Waals surface area contributed by atoms with E-state index in [0.717, 1.165) is 19.8 Å². The number of hydrogen-bond donors (Lipinski definition) is 1. The van der Waals surface area contributed by atoms with Gasteiger partial charge in [0.05, 0.1) is 6.61 Å². The maximum atomic E-state index is 5.88. The second-order valence-electron chi connectivity index (χ2n) is 11.1. The standard InChI is InChI=1S/C24H50N2O/c1-23(2,3)14-8-7-10-16-25-22-13-12-17-26(21-22)18-20-27-19-11-9-15-24(4,5)6/h22,25H,7-21H2,1-6H3. The molecule has 0 saturated carbocycles. The van der Waals surface area contributed by atoms with Gasteiger partial charge in [0.15, 0.2) is 0 Å². The molecule has 1 saturated heterocycles. The van der Waals surface area contributed by atoms with Crippen LogP contribution < -0.4 is 5.32 Å². The van der Waals surface area contributed by atoms with Crippen molar-refractivity contribution in [1.29, 1.82) is 0 Å². The second-order valence-corrected chi connectivity index (χ2v) is 11.1. The average molecular weight is 383 g/mol. The highest BCUT2D eigenvalue weighted by Crippen LogP contribution is 2.22. The molecule has 1 N–H and O–H groups in total. The van der Waals surface area contributed by atoms with Gasteiger partial charge in [-0.25, -0.2) is 0 Å². The first-order valence-corrected chi connectivity index (χ1v) is 11.7. The summed E-state index contributed by atoms with van der Waals surface area (Å²) >= 11 is 0. The highest BCUT2D eigenvalue weighted by Gasteiger charge is 2.19. The molecule has 1 fully saturated rings. The lowest BCUT2D eigenvalue weighted by molar-refractivity contribution is 0.0863. The minimum atomic E-state index is 0.461.